The SMILES string of the molecule is Nc1cc(C(=O)Nc2ccc(F)c(Cl)c2)n(C2CC2)c1. The summed E-state index contributed by atoms with van der Waals surface area (Å²) in [7, 11) is 0. The molecule has 0 bridgehead atoms. The molecule has 1 aromatic carbocycles. The second-order valence-corrected chi connectivity index (χ2v) is 5.29. The van der Waals surface area contributed by atoms with E-state index in [0.29, 0.717) is 23.1 Å². The average molecular weight is 294 g/mol. The molecule has 1 saturated carbocycles. The Morgan fingerprint density at radius 1 is 1.40 bits per heavy atom. The van der Waals surface area contributed by atoms with E-state index in [2.05, 4.69) is 5.32 Å². The summed E-state index contributed by atoms with van der Waals surface area (Å²) in [6.07, 6.45) is 3.87. The molecule has 1 aliphatic rings. The van der Waals surface area contributed by atoms with Gasteiger partial charge < -0.3 is 15.6 Å². The van der Waals surface area contributed by atoms with Gasteiger partial charge in [-0.2, -0.15) is 0 Å². The smallest absolute Gasteiger partial charge is 0.272 e. The number of nitrogen functional groups attached to an aromatic ring is 1. The number of rotatable bonds is 3. The van der Waals surface area contributed by atoms with E-state index >= 15 is 0 Å². The van der Waals surface area contributed by atoms with Gasteiger partial charge in [-0.05, 0) is 37.1 Å². The third-order valence-corrected chi connectivity index (χ3v) is 3.51. The zero-order valence-electron chi connectivity index (χ0n) is 10.6. The van der Waals surface area contributed by atoms with Crippen LogP contribution >= 0.6 is 11.6 Å². The lowest BCUT2D eigenvalue weighted by Gasteiger charge is -2.09. The molecular weight excluding hydrogens is 281 g/mol. The van der Waals surface area contributed by atoms with Gasteiger partial charge in [0.2, 0.25) is 0 Å². The minimum Gasteiger partial charge on any atom is -0.397 e. The molecule has 20 heavy (non-hydrogen) atoms. The number of halogens is 2. The number of carbonyl (C=O) groups is 1. The molecule has 3 rings (SSSR count). The first-order valence-corrected chi connectivity index (χ1v) is 6.66. The summed E-state index contributed by atoms with van der Waals surface area (Å²) in [6.45, 7) is 0. The predicted molar refractivity (Wildman–Crippen MR) is 76.5 cm³/mol. The fourth-order valence-electron chi connectivity index (χ4n) is 2.11. The summed E-state index contributed by atoms with van der Waals surface area (Å²) in [4.78, 5) is 12.3. The van der Waals surface area contributed by atoms with Gasteiger partial charge in [0.25, 0.3) is 5.91 Å². The highest BCUT2D eigenvalue weighted by atomic mass is 35.5. The van der Waals surface area contributed by atoms with Crippen molar-refractivity contribution in [3.05, 3.63) is 47.0 Å². The topological polar surface area (TPSA) is 60.1 Å². The Morgan fingerprint density at radius 2 is 2.15 bits per heavy atom. The van der Waals surface area contributed by atoms with Crippen molar-refractivity contribution in [1.29, 1.82) is 0 Å². The molecule has 1 amide bonds. The van der Waals surface area contributed by atoms with Crippen molar-refractivity contribution in [2.75, 3.05) is 11.1 Å². The molecule has 3 N–H and O–H groups in total. The molecule has 1 aliphatic carbocycles. The molecule has 1 fully saturated rings. The van der Waals surface area contributed by atoms with E-state index in [4.69, 9.17) is 17.3 Å². The number of nitrogens with zero attached hydrogens (tertiary/aromatic N) is 1. The predicted octanol–water partition coefficient (Wildman–Crippen LogP) is 3.45. The Hall–Kier alpha value is -2.01. The van der Waals surface area contributed by atoms with E-state index in [-0.39, 0.29) is 10.9 Å². The fourth-order valence-corrected chi connectivity index (χ4v) is 2.29. The Kier molecular flexibility index (Phi) is 3.14. The molecule has 104 valence electrons. The monoisotopic (exact) mass is 293 g/mol. The number of aromatic nitrogens is 1. The van der Waals surface area contributed by atoms with Crippen LogP contribution in [0.3, 0.4) is 0 Å². The van der Waals surface area contributed by atoms with E-state index in [9.17, 15) is 9.18 Å². The van der Waals surface area contributed by atoms with E-state index < -0.39 is 5.82 Å². The van der Waals surface area contributed by atoms with Crippen molar-refractivity contribution in [2.45, 2.75) is 18.9 Å². The van der Waals surface area contributed by atoms with Gasteiger partial charge in [0.15, 0.2) is 0 Å². The maximum Gasteiger partial charge on any atom is 0.272 e. The standard InChI is InChI=1S/C14H13ClFN3O/c15-11-6-9(1-4-12(11)16)18-14(20)13-5-8(17)7-19(13)10-2-3-10/h1,4-7,10H,2-3,17H2,(H,18,20). The first kappa shape index (κ1) is 13.0. The number of nitrogens with two attached hydrogens (primary N) is 1. The highest BCUT2D eigenvalue weighted by Crippen LogP contribution is 2.37. The number of hydrogen-bond donors (Lipinski definition) is 2. The van der Waals surface area contributed by atoms with Crippen LogP contribution in [0.1, 0.15) is 29.4 Å². The molecular formula is C14H13ClFN3O. The second kappa shape index (κ2) is 4.83. The van der Waals surface area contributed by atoms with E-state index in [1.807, 2.05) is 4.57 Å². The van der Waals surface area contributed by atoms with Crippen LogP contribution in [0.5, 0.6) is 0 Å². The van der Waals surface area contributed by atoms with Gasteiger partial charge in [-0.25, -0.2) is 4.39 Å². The lowest BCUT2D eigenvalue weighted by Crippen LogP contribution is -2.16. The molecule has 0 unspecified atom stereocenters. The van der Waals surface area contributed by atoms with E-state index in [1.54, 1.807) is 12.3 Å². The summed E-state index contributed by atoms with van der Waals surface area (Å²) in [5, 5.41) is 2.67. The normalized spacial score (nSPS) is 14.3. The molecule has 6 heteroatoms. The second-order valence-electron chi connectivity index (χ2n) is 4.88. The Labute approximate surface area is 120 Å². The van der Waals surface area contributed by atoms with Crippen molar-refractivity contribution < 1.29 is 9.18 Å². The van der Waals surface area contributed by atoms with Gasteiger partial charge in [0.1, 0.15) is 11.5 Å². The summed E-state index contributed by atoms with van der Waals surface area (Å²) in [5.41, 5.74) is 7.26. The molecule has 0 radical (unpaired) electrons. The first-order chi connectivity index (χ1) is 9.54. The summed E-state index contributed by atoms with van der Waals surface area (Å²) in [5.74, 6) is -0.799. The molecule has 0 atom stereocenters. The van der Waals surface area contributed by atoms with E-state index in [0.717, 1.165) is 12.8 Å². The van der Waals surface area contributed by atoms with Gasteiger partial charge in [-0.3, -0.25) is 4.79 Å². The Balaban J connectivity index is 1.84. The fraction of sp³-hybridized carbons (Fsp3) is 0.214. The van der Waals surface area contributed by atoms with Gasteiger partial charge in [-0.1, -0.05) is 11.6 Å². The number of amides is 1. The average Bonchev–Trinajstić information content (AvgIpc) is 3.17. The maximum absolute atomic E-state index is 13.1. The number of benzene rings is 1. The molecule has 1 heterocycles. The quantitative estimate of drug-likeness (QED) is 0.910. The van der Waals surface area contributed by atoms with Crippen LogP contribution in [0.4, 0.5) is 15.8 Å². The van der Waals surface area contributed by atoms with Crippen LogP contribution in [0, 0.1) is 5.82 Å². The Morgan fingerprint density at radius 3 is 2.80 bits per heavy atom. The number of carbonyl (C=O) groups excluding carboxylic acids is 1. The molecule has 0 saturated heterocycles. The number of anilines is 2. The lowest BCUT2D eigenvalue weighted by molar-refractivity contribution is 0.101. The van der Waals surface area contributed by atoms with Crippen LogP contribution in [0.2, 0.25) is 5.02 Å². The highest BCUT2D eigenvalue weighted by molar-refractivity contribution is 6.31. The van der Waals surface area contributed by atoms with Crippen LogP contribution in [-0.2, 0) is 0 Å². The molecule has 4 nitrogen and oxygen atoms in total. The van der Waals surface area contributed by atoms with Gasteiger partial charge in [0, 0.05) is 17.9 Å². The van der Waals surface area contributed by atoms with Gasteiger partial charge in [0.05, 0.1) is 10.7 Å². The van der Waals surface area contributed by atoms with E-state index in [1.165, 1.54) is 18.2 Å². The van der Waals surface area contributed by atoms with Crippen LogP contribution in [0.25, 0.3) is 0 Å². The molecule has 0 spiro atoms. The van der Waals surface area contributed by atoms with Gasteiger partial charge >= 0.3 is 0 Å². The van der Waals surface area contributed by atoms with Crippen molar-refractivity contribution >= 4 is 28.9 Å². The van der Waals surface area contributed by atoms with Gasteiger partial charge in [-0.15, -0.1) is 0 Å². The third kappa shape index (κ3) is 2.49. The largest absolute Gasteiger partial charge is 0.397 e. The van der Waals surface area contributed by atoms with Crippen molar-refractivity contribution in [1.82, 2.24) is 4.57 Å². The maximum atomic E-state index is 13.1. The Bertz CT molecular complexity index is 679. The zero-order chi connectivity index (χ0) is 14.3. The zero-order valence-corrected chi connectivity index (χ0v) is 11.3. The number of hydrogen-bond acceptors (Lipinski definition) is 2. The third-order valence-electron chi connectivity index (χ3n) is 3.22. The molecule has 0 aliphatic heterocycles. The summed E-state index contributed by atoms with van der Waals surface area (Å²) < 4.78 is 15.0. The summed E-state index contributed by atoms with van der Waals surface area (Å²) in [6, 6.07) is 6.05. The minimum absolute atomic E-state index is 0.0279. The minimum atomic E-state index is -0.518. The van der Waals surface area contributed by atoms with Crippen LogP contribution < -0.4 is 11.1 Å². The van der Waals surface area contributed by atoms with Crippen LogP contribution in [-0.4, -0.2) is 10.5 Å². The van der Waals surface area contributed by atoms with Crippen molar-refractivity contribution in [2.24, 2.45) is 0 Å². The molecule has 1 aromatic heterocycles. The number of nitrogens with one attached hydrogen (secondary N) is 1. The molecule has 2 aromatic rings. The van der Waals surface area contributed by atoms with Crippen molar-refractivity contribution in [3.8, 4) is 0 Å². The highest BCUT2D eigenvalue weighted by Gasteiger charge is 2.27. The van der Waals surface area contributed by atoms with Crippen LogP contribution in [0.15, 0.2) is 30.5 Å². The van der Waals surface area contributed by atoms with Crippen molar-refractivity contribution in [3.63, 3.8) is 0 Å². The lowest BCUT2D eigenvalue weighted by atomic mass is 10.3. The summed E-state index contributed by atoms with van der Waals surface area (Å²) >= 11 is 5.69. The first-order valence-electron chi connectivity index (χ1n) is 6.28.